The molecule has 1 aromatic heterocycles. The second-order valence-corrected chi connectivity index (χ2v) is 6.87. The number of rotatable bonds is 7. The van der Waals surface area contributed by atoms with Crippen molar-refractivity contribution in [1.82, 2.24) is 21.0 Å². The SMILES string of the molecule is Cc1cccc(O[C@H](C)C(=O)NNC(=O)CCc2nc(-c3ccccc3)no2)c1C. The minimum Gasteiger partial charge on any atom is -0.481 e. The fourth-order valence-corrected chi connectivity index (χ4v) is 2.67. The van der Waals surface area contributed by atoms with E-state index in [1.165, 1.54) is 0 Å². The van der Waals surface area contributed by atoms with Gasteiger partial charge in [-0.3, -0.25) is 20.4 Å². The van der Waals surface area contributed by atoms with Crippen LogP contribution in [-0.2, 0) is 16.0 Å². The van der Waals surface area contributed by atoms with Gasteiger partial charge in [-0.15, -0.1) is 0 Å². The summed E-state index contributed by atoms with van der Waals surface area (Å²) in [5, 5.41) is 3.91. The number of aromatic nitrogens is 2. The Morgan fingerprint density at radius 3 is 2.60 bits per heavy atom. The van der Waals surface area contributed by atoms with Crippen molar-refractivity contribution in [2.75, 3.05) is 0 Å². The van der Waals surface area contributed by atoms with E-state index in [1.54, 1.807) is 13.0 Å². The molecule has 1 heterocycles. The smallest absolute Gasteiger partial charge is 0.279 e. The molecule has 0 saturated carbocycles. The minimum absolute atomic E-state index is 0.0862. The summed E-state index contributed by atoms with van der Waals surface area (Å²) in [5.74, 6) is 0.628. The van der Waals surface area contributed by atoms with Gasteiger partial charge in [-0.1, -0.05) is 47.6 Å². The number of hydrogen-bond donors (Lipinski definition) is 2. The number of hydrazine groups is 1. The average Bonchev–Trinajstić information content (AvgIpc) is 3.23. The Labute approximate surface area is 174 Å². The van der Waals surface area contributed by atoms with E-state index < -0.39 is 12.0 Å². The molecular weight excluding hydrogens is 384 g/mol. The Balaban J connectivity index is 1.43. The van der Waals surface area contributed by atoms with Gasteiger partial charge in [-0.2, -0.15) is 4.98 Å². The molecular formula is C22H24N4O4. The van der Waals surface area contributed by atoms with Crippen molar-refractivity contribution >= 4 is 11.8 Å². The number of nitrogens with zero attached hydrogens (tertiary/aromatic N) is 2. The number of amides is 2. The molecule has 0 fully saturated rings. The molecule has 0 aliphatic rings. The summed E-state index contributed by atoms with van der Waals surface area (Å²) in [6, 6.07) is 15.1. The van der Waals surface area contributed by atoms with Gasteiger partial charge >= 0.3 is 0 Å². The maximum absolute atomic E-state index is 12.2. The van der Waals surface area contributed by atoms with Crippen LogP contribution in [0.4, 0.5) is 0 Å². The largest absolute Gasteiger partial charge is 0.481 e. The number of carbonyl (C=O) groups excluding carboxylic acids is 2. The normalized spacial score (nSPS) is 11.6. The second-order valence-electron chi connectivity index (χ2n) is 6.87. The topological polar surface area (TPSA) is 106 Å². The third kappa shape index (κ3) is 5.44. The van der Waals surface area contributed by atoms with Crippen LogP contribution < -0.4 is 15.6 Å². The van der Waals surface area contributed by atoms with Crippen LogP contribution in [0.5, 0.6) is 5.75 Å². The van der Waals surface area contributed by atoms with E-state index in [-0.39, 0.29) is 18.7 Å². The van der Waals surface area contributed by atoms with Crippen LogP contribution in [0, 0.1) is 13.8 Å². The zero-order valence-electron chi connectivity index (χ0n) is 17.1. The zero-order valence-corrected chi connectivity index (χ0v) is 17.1. The Bertz CT molecular complexity index is 1020. The van der Waals surface area contributed by atoms with Gasteiger partial charge in [-0.05, 0) is 38.0 Å². The quantitative estimate of drug-likeness (QED) is 0.582. The lowest BCUT2D eigenvalue weighted by Crippen LogP contribution is -2.47. The number of nitrogens with one attached hydrogen (secondary N) is 2. The van der Waals surface area contributed by atoms with E-state index in [1.807, 2.05) is 56.3 Å². The van der Waals surface area contributed by atoms with Crippen LogP contribution in [0.3, 0.4) is 0 Å². The van der Waals surface area contributed by atoms with Gasteiger partial charge in [0.15, 0.2) is 6.10 Å². The first-order valence-corrected chi connectivity index (χ1v) is 9.63. The van der Waals surface area contributed by atoms with Crippen LogP contribution >= 0.6 is 0 Å². The first-order valence-electron chi connectivity index (χ1n) is 9.63. The molecule has 0 saturated heterocycles. The third-order valence-electron chi connectivity index (χ3n) is 4.62. The van der Waals surface area contributed by atoms with Gasteiger partial charge in [0, 0.05) is 18.4 Å². The lowest BCUT2D eigenvalue weighted by Gasteiger charge is -2.17. The molecule has 3 rings (SSSR count). The molecule has 8 heteroatoms. The number of hydrogen-bond acceptors (Lipinski definition) is 6. The molecule has 8 nitrogen and oxygen atoms in total. The van der Waals surface area contributed by atoms with Crippen molar-refractivity contribution in [3.8, 4) is 17.1 Å². The number of ether oxygens (including phenoxy) is 1. The van der Waals surface area contributed by atoms with Crippen molar-refractivity contribution in [3.05, 3.63) is 65.5 Å². The third-order valence-corrected chi connectivity index (χ3v) is 4.62. The molecule has 0 spiro atoms. The molecule has 0 aliphatic heterocycles. The maximum Gasteiger partial charge on any atom is 0.279 e. The van der Waals surface area contributed by atoms with Gasteiger partial charge in [0.25, 0.3) is 5.91 Å². The predicted molar refractivity (Wildman–Crippen MR) is 110 cm³/mol. The summed E-state index contributed by atoms with van der Waals surface area (Å²) in [7, 11) is 0. The first kappa shape index (κ1) is 21.0. The predicted octanol–water partition coefficient (Wildman–Crippen LogP) is 2.90. The van der Waals surface area contributed by atoms with E-state index in [4.69, 9.17) is 9.26 Å². The molecule has 2 aromatic carbocycles. The maximum atomic E-state index is 12.2. The van der Waals surface area contributed by atoms with Gasteiger partial charge in [0.2, 0.25) is 17.6 Å². The molecule has 0 aliphatic carbocycles. The Kier molecular flexibility index (Phi) is 6.79. The van der Waals surface area contributed by atoms with Crippen molar-refractivity contribution in [3.63, 3.8) is 0 Å². The van der Waals surface area contributed by atoms with E-state index >= 15 is 0 Å². The van der Waals surface area contributed by atoms with Crippen molar-refractivity contribution in [2.45, 2.75) is 39.7 Å². The summed E-state index contributed by atoms with van der Waals surface area (Å²) < 4.78 is 10.9. The molecule has 30 heavy (non-hydrogen) atoms. The monoisotopic (exact) mass is 408 g/mol. The Morgan fingerprint density at radius 1 is 1.07 bits per heavy atom. The average molecular weight is 408 g/mol. The summed E-state index contributed by atoms with van der Waals surface area (Å²) >= 11 is 0. The molecule has 2 N–H and O–H groups in total. The van der Waals surface area contributed by atoms with E-state index in [0.717, 1.165) is 16.7 Å². The van der Waals surface area contributed by atoms with Crippen LogP contribution in [0.1, 0.15) is 30.4 Å². The summed E-state index contributed by atoms with van der Waals surface area (Å²) in [6.45, 7) is 5.52. The molecule has 1 atom stereocenters. The summed E-state index contributed by atoms with van der Waals surface area (Å²) in [4.78, 5) is 28.5. The summed E-state index contributed by atoms with van der Waals surface area (Å²) in [6.07, 6.45) is -0.422. The lowest BCUT2D eigenvalue weighted by molar-refractivity contribution is -0.132. The van der Waals surface area contributed by atoms with Gasteiger partial charge < -0.3 is 9.26 Å². The zero-order chi connectivity index (χ0) is 21.5. The number of carbonyl (C=O) groups is 2. The lowest BCUT2D eigenvalue weighted by atomic mass is 10.1. The van der Waals surface area contributed by atoms with Crippen LogP contribution in [0.25, 0.3) is 11.4 Å². The van der Waals surface area contributed by atoms with Crippen LogP contribution in [0.15, 0.2) is 53.1 Å². The Hall–Kier alpha value is -3.68. The van der Waals surface area contributed by atoms with E-state index in [0.29, 0.717) is 17.5 Å². The van der Waals surface area contributed by atoms with E-state index in [9.17, 15) is 9.59 Å². The molecule has 0 bridgehead atoms. The molecule has 0 radical (unpaired) electrons. The number of benzene rings is 2. The molecule has 156 valence electrons. The highest BCUT2D eigenvalue weighted by atomic mass is 16.5. The molecule has 0 unspecified atom stereocenters. The molecule has 3 aromatic rings. The van der Waals surface area contributed by atoms with Gasteiger partial charge in [0.05, 0.1) is 0 Å². The van der Waals surface area contributed by atoms with Crippen LogP contribution in [0.2, 0.25) is 0 Å². The summed E-state index contributed by atoms with van der Waals surface area (Å²) in [5.41, 5.74) is 7.63. The fraction of sp³-hybridized carbons (Fsp3) is 0.273. The van der Waals surface area contributed by atoms with Crippen molar-refractivity contribution in [2.24, 2.45) is 0 Å². The minimum atomic E-state index is -0.768. The van der Waals surface area contributed by atoms with Crippen molar-refractivity contribution in [1.29, 1.82) is 0 Å². The number of aryl methyl sites for hydroxylation is 2. The first-order chi connectivity index (χ1) is 14.4. The van der Waals surface area contributed by atoms with Crippen LogP contribution in [-0.4, -0.2) is 28.1 Å². The van der Waals surface area contributed by atoms with Gasteiger partial charge in [-0.25, -0.2) is 0 Å². The fourth-order valence-electron chi connectivity index (χ4n) is 2.67. The van der Waals surface area contributed by atoms with E-state index in [2.05, 4.69) is 21.0 Å². The highest BCUT2D eigenvalue weighted by molar-refractivity contribution is 5.84. The standard InChI is InChI=1S/C22H24N4O4/c1-14-8-7-11-18(15(14)2)29-16(3)22(28)25-24-19(27)12-13-20-23-21(26-30-20)17-9-5-4-6-10-17/h4-11,16H,12-13H2,1-3H3,(H,24,27)(H,25,28)/t16-/m1/s1. The Morgan fingerprint density at radius 2 is 1.83 bits per heavy atom. The second kappa shape index (κ2) is 9.69. The highest BCUT2D eigenvalue weighted by Crippen LogP contribution is 2.21. The molecule has 2 amide bonds. The van der Waals surface area contributed by atoms with Gasteiger partial charge in [0.1, 0.15) is 5.75 Å². The van der Waals surface area contributed by atoms with Crippen molar-refractivity contribution < 1.29 is 18.8 Å². The highest BCUT2D eigenvalue weighted by Gasteiger charge is 2.17.